The molecule has 0 atom stereocenters. The Morgan fingerprint density at radius 1 is 0.810 bits per heavy atom. The zero-order valence-corrected chi connectivity index (χ0v) is 11.8. The van der Waals surface area contributed by atoms with Crippen LogP contribution in [0, 0.1) is 0 Å². The topological polar surface area (TPSA) is 29.5 Å². The van der Waals surface area contributed by atoms with E-state index in [1.165, 1.54) is 5.56 Å². The molecule has 2 nitrogen and oxygen atoms in total. The quantitative estimate of drug-likeness (QED) is 0.693. The second-order valence-electron chi connectivity index (χ2n) is 5.13. The molecule has 0 aliphatic heterocycles. The van der Waals surface area contributed by atoms with Gasteiger partial charge < -0.3 is 9.84 Å². The van der Waals surface area contributed by atoms with E-state index in [9.17, 15) is 5.11 Å². The van der Waals surface area contributed by atoms with Gasteiger partial charge in [0.2, 0.25) is 0 Å². The van der Waals surface area contributed by atoms with E-state index in [1.54, 1.807) is 12.1 Å². The van der Waals surface area contributed by atoms with Crippen LogP contribution in [0.25, 0.3) is 10.8 Å². The SMILES string of the molecule is Oc1ccc2ccc(OCCCc3ccccc3)cc2c1. The summed E-state index contributed by atoms with van der Waals surface area (Å²) >= 11 is 0. The predicted octanol–water partition coefficient (Wildman–Crippen LogP) is 4.56. The average molecular weight is 278 g/mol. The number of hydrogen-bond donors (Lipinski definition) is 1. The van der Waals surface area contributed by atoms with Gasteiger partial charge in [-0.2, -0.15) is 0 Å². The first-order chi connectivity index (χ1) is 10.3. The van der Waals surface area contributed by atoms with Crippen LogP contribution in [-0.4, -0.2) is 11.7 Å². The van der Waals surface area contributed by atoms with Crippen molar-refractivity contribution in [1.29, 1.82) is 0 Å². The summed E-state index contributed by atoms with van der Waals surface area (Å²) in [5.74, 6) is 1.13. The molecule has 0 unspecified atom stereocenters. The molecule has 0 amide bonds. The molecule has 2 heteroatoms. The van der Waals surface area contributed by atoms with Crippen LogP contribution in [-0.2, 0) is 6.42 Å². The Kier molecular flexibility index (Phi) is 4.06. The van der Waals surface area contributed by atoms with E-state index in [1.807, 2.05) is 30.3 Å². The van der Waals surface area contributed by atoms with Crippen LogP contribution in [0.4, 0.5) is 0 Å². The summed E-state index contributed by atoms with van der Waals surface area (Å²) in [4.78, 5) is 0. The van der Waals surface area contributed by atoms with E-state index in [0.717, 1.165) is 29.4 Å². The molecule has 0 radical (unpaired) electrons. The molecular weight excluding hydrogens is 260 g/mol. The number of benzene rings is 3. The summed E-state index contributed by atoms with van der Waals surface area (Å²) in [7, 11) is 0. The van der Waals surface area contributed by atoms with Crippen LogP contribution >= 0.6 is 0 Å². The molecular formula is C19H18O2. The molecule has 106 valence electrons. The second kappa shape index (κ2) is 6.31. The fourth-order valence-electron chi connectivity index (χ4n) is 2.41. The van der Waals surface area contributed by atoms with E-state index in [0.29, 0.717) is 6.61 Å². The van der Waals surface area contributed by atoms with Crippen molar-refractivity contribution in [3.63, 3.8) is 0 Å². The lowest BCUT2D eigenvalue weighted by Crippen LogP contribution is -1.99. The number of aryl methyl sites for hydroxylation is 1. The Labute approximate surface area is 124 Å². The third-order valence-corrected chi connectivity index (χ3v) is 3.52. The smallest absolute Gasteiger partial charge is 0.119 e. The second-order valence-corrected chi connectivity index (χ2v) is 5.13. The maximum absolute atomic E-state index is 9.52. The first-order valence-electron chi connectivity index (χ1n) is 7.21. The maximum Gasteiger partial charge on any atom is 0.119 e. The third kappa shape index (κ3) is 3.54. The van der Waals surface area contributed by atoms with Gasteiger partial charge in [-0.05, 0) is 53.4 Å². The van der Waals surface area contributed by atoms with Crippen molar-refractivity contribution in [2.24, 2.45) is 0 Å². The maximum atomic E-state index is 9.52. The molecule has 1 N–H and O–H groups in total. The first kappa shape index (κ1) is 13.5. The van der Waals surface area contributed by atoms with Crippen LogP contribution in [0.5, 0.6) is 11.5 Å². The number of fused-ring (bicyclic) bond motifs is 1. The van der Waals surface area contributed by atoms with E-state index < -0.39 is 0 Å². The number of hydrogen-bond acceptors (Lipinski definition) is 2. The van der Waals surface area contributed by atoms with Gasteiger partial charge >= 0.3 is 0 Å². The van der Waals surface area contributed by atoms with Gasteiger partial charge in [0.1, 0.15) is 11.5 Å². The normalized spacial score (nSPS) is 10.7. The van der Waals surface area contributed by atoms with Gasteiger partial charge in [-0.25, -0.2) is 0 Å². The average Bonchev–Trinajstić information content (AvgIpc) is 2.52. The number of ether oxygens (including phenoxy) is 1. The Bertz CT molecular complexity index is 720. The number of aromatic hydroxyl groups is 1. The summed E-state index contributed by atoms with van der Waals surface area (Å²) < 4.78 is 5.79. The summed E-state index contributed by atoms with van der Waals surface area (Å²) in [6, 6.07) is 21.7. The molecule has 3 rings (SSSR count). The lowest BCUT2D eigenvalue weighted by molar-refractivity contribution is 0.311. The minimum absolute atomic E-state index is 0.281. The minimum atomic E-state index is 0.281. The van der Waals surface area contributed by atoms with Gasteiger partial charge in [-0.15, -0.1) is 0 Å². The lowest BCUT2D eigenvalue weighted by atomic mass is 10.1. The van der Waals surface area contributed by atoms with Gasteiger partial charge in [0.25, 0.3) is 0 Å². The predicted molar refractivity (Wildman–Crippen MR) is 85.9 cm³/mol. The van der Waals surface area contributed by atoms with E-state index in [-0.39, 0.29) is 5.75 Å². The molecule has 3 aromatic rings. The third-order valence-electron chi connectivity index (χ3n) is 3.52. The van der Waals surface area contributed by atoms with Crippen LogP contribution in [0.2, 0.25) is 0 Å². The Morgan fingerprint density at radius 2 is 1.62 bits per heavy atom. The van der Waals surface area contributed by atoms with Crippen LogP contribution < -0.4 is 4.74 Å². The highest BCUT2D eigenvalue weighted by Crippen LogP contribution is 2.24. The van der Waals surface area contributed by atoms with E-state index >= 15 is 0 Å². The molecule has 0 aliphatic rings. The fraction of sp³-hybridized carbons (Fsp3) is 0.158. The summed E-state index contributed by atoms with van der Waals surface area (Å²) in [6.07, 6.45) is 2.01. The van der Waals surface area contributed by atoms with Gasteiger partial charge in [0, 0.05) is 0 Å². The van der Waals surface area contributed by atoms with Crippen molar-refractivity contribution in [3.05, 3.63) is 72.3 Å². The highest BCUT2D eigenvalue weighted by atomic mass is 16.5. The van der Waals surface area contributed by atoms with Crippen LogP contribution in [0.15, 0.2) is 66.7 Å². The Hall–Kier alpha value is -2.48. The van der Waals surface area contributed by atoms with Crippen LogP contribution in [0.3, 0.4) is 0 Å². The van der Waals surface area contributed by atoms with Gasteiger partial charge in [-0.3, -0.25) is 0 Å². The van der Waals surface area contributed by atoms with Crippen molar-refractivity contribution in [3.8, 4) is 11.5 Å². The molecule has 3 aromatic carbocycles. The zero-order valence-electron chi connectivity index (χ0n) is 11.8. The van der Waals surface area contributed by atoms with Crippen molar-refractivity contribution in [2.45, 2.75) is 12.8 Å². The van der Waals surface area contributed by atoms with Crippen molar-refractivity contribution in [1.82, 2.24) is 0 Å². The Morgan fingerprint density at radius 3 is 2.48 bits per heavy atom. The van der Waals surface area contributed by atoms with Gasteiger partial charge in [-0.1, -0.05) is 42.5 Å². The minimum Gasteiger partial charge on any atom is -0.508 e. The number of rotatable bonds is 5. The zero-order chi connectivity index (χ0) is 14.5. The number of phenolic OH excluding ortho intramolecular Hbond substituents is 1. The monoisotopic (exact) mass is 278 g/mol. The summed E-state index contributed by atoms with van der Waals surface area (Å²) in [6.45, 7) is 0.694. The molecule has 21 heavy (non-hydrogen) atoms. The lowest BCUT2D eigenvalue weighted by Gasteiger charge is -2.08. The molecule has 0 saturated carbocycles. The number of phenols is 1. The fourth-order valence-corrected chi connectivity index (χ4v) is 2.41. The highest BCUT2D eigenvalue weighted by molar-refractivity contribution is 5.85. The van der Waals surface area contributed by atoms with Gasteiger partial charge in [0.15, 0.2) is 0 Å². The van der Waals surface area contributed by atoms with Crippen molar-refractivity contribution < 1.29 is 9.84 Å². The summed E-state index contributed by atoms with van der Waals surface area (Å²) in [5, 5.41) is 11.6. The van der Waals surface area contributed by atoms with Crippen LogP contribution in [0.1, 0.15) is 12.0 Å². The largest absolute Gasteiger partial charge is 0.508 e. The Balaban J connectivity index is 1.58. The molecule has 0 heterocycles. The van der Waals surface area contributed by atoms with Crippen molar-refractivity contribution in [2.75, 3.05) is 6.61 Å². The van der Waals surface area contributed by atoms with Crippen molar-refractivity contribution >= 4 is 10.8 Å². The molecule has 0 fully saturated rings. The van der Waals surface area contributed by atoms with E-state index in [2.05, 4.69) is 24.3 Å². The molecule has 0 bridgehead atoms. The first-order valence-corrected chi connectivity index (χ1v) is 7.21. The summed E-state index contributed by atoms with van der Waals surface area (Å²) in [5.41, 5.74) is 1.34. The molecule has 0 spiro atoms. The highest BCUT2D eigenvalue weighted by Gasteiger charge is 1.99. The standard InChI is InChI=1S/C19H18O2/c20-18-10-8-16-9-11-19(14-17(16)13-18)21-12-4-7-15-5-2-1-3-6-15/h1-3,5-6,8-11,13-14,20H,4,7,12H2. The molecule has 0 saturated heterocycles. The molecule has 0 aromatic heterocycles. The van der Waals surface area contributed by atoms with Gasteiger partial charge in [0.05, 0.1) is 6.61 Å². The molecule has 0 aliphatic carbocycles. The van der Waals surface area contributed by atoms with E-state index in [4.69, 9.17) is 4.74 Å².